The molecule has 1 rings (SSSR count). The van der Waals surface area contributed by atoms with Crippen LogP contribution in [-0.4, -0.2) is 43.2 Å². The summed E-state index contributed by atoms with van der Waals surface area (Å²) < 4.78 is 5.39. The first-order valence-electron chi connectivity index (χ1n) is 5.77. The zero-order valence-corrected chi connectivity index (χ0v) is 9.74. The van der Waals surface area contributed by atoms with Crippen molar-refractivity contribution in [1.82, 2.24) is 4.90 Å². The fraction of sp³-hybridized carbons (Fsp3) is 0.909. The molecule has 0 bridgehead atoms. The SMILES string of the molecule is CCOCC1CCCN(C(=O)[C@H](C)N)C1. The Morgan fingerprint density at radius 2 is 2.40 bits per heavy atom. The van der Waals surface area contributed by atoms with Crippen LogP contribution in [0, 0.1) is 5.92 Å². The molecule has 1 heterocycles. The van der Waals surface area contributed by atoms with Crippen molar-refractivity contribution in [1.29, 1.82) is 0 Å². The molecule has 4 heteroatoms. The average Bonchev–Trinajstić information content (AvgIpc) is 2.25. The Hall–Kier alpha value is -0.610. The maximum atomic E-state index is 11.7. The van der Waals surface area contributed by atoms with Crippen molar-refractivity contribution in [3.8, 4) is 0 Å². The monoisotopic (exact) mass is 214 g/mol. The molecule has 88 valence electrons. The summed E-state index contributed by atoms with van der Waals surface area (Å²) in [7, 11) is 0. The van der Waals surface area contributed by atoms with E-state index in [1.54, 1.807) is 6.92 Å². The van der Waals surface area contributed by atoms with Crippen LogP contribution in [-0.2, 0) is 9.53 Å². The van der Waals surface area contributed by atoms with Gasteiger partial charge in [-0.25, -0.2) is 0 Å². The molecule has 1 fully saturated rings. The molecule has 2 N–H and O–H groups in total. The number of rotatable bonds is 4. The van der Waals surface area contributed by atoms with Gasteiger partial charge in [-0.15, -0.1) is 0 Å². The lowest BCUT2D eigenvalue weighted by molar-refractivity contribution is -0.134. The molecule has 1 aliphatic heterocycles. The topological polar surface area (TPSA) is 55.6 Å². The maximum Gasteiger partial charge on any atom is 0.239 e. The summed E-state index contributed by atoms with van der Waals surface area (Å²) in [6.07, 6.45) is 2.22. The largest absolute Gasteiger partial charge is 0.381 e. The highest BCUT2D eigenvalue weighted by Crippen LogP contribution is 2.17. The first-order chi connectivity index (χ1) is 7.15. The smallest absolute Gasteiger partial charge is 0.239 e. The van der Waals surface area contributed by atoms with Gasteiger partial charge in [0, 0.05) is 19.7 Å². The van der Waals surface area contributed by atoms with Gasteiger partial charge in [-0.3, -0.25) is 4.79 Å². The molecule has 0 saturated carbocycles. The van der Waals surface area contributed by atoms with Crippen LogP contribution in [0.15, 0.2) is 0 Å². The average molecular weight is 214 g/mol. The lowest BCUT2D eigenvalue weighted by Crippen LogP contribution is -2.47. The highest BCUT2D eigenvalue weighted by Gasteiger charge is 2.25. The van der Waals surface area contributed by atoms with Gasteiger partial charge in [0.25, 0.3) is 0 Å². The third kappa shape index (κ3) is 3.80. The number of hydrogen-bond donors (Lipinski definition) is 1. The lowest BCUT2D eigenvalue weighted by atomic mass is 9.98. The predicted molar refractivity (Wildman–Crippen MR) is 59.4 cm³/mol. The Bertz CT molecular complexity index is 207. The Kier molecular flexibility index (Phi) is 5.05. The molecule has 4 nitrogen and oxygen atoms in total. The first kappa shape index (κ1) is 12.5. The summed E-state index contributed by atoms with van der Waals surface area (Å²) in [6.45, 7) is 6.91. The van der Waals surface area contributed by atoms with Gasteiger partial charge in [0.2, 0.25) is 5.91 Å². The van der Waals surface area contributed by atoms with Gasteiger partial charge in [0.15, 0.2) is 0 Å². The predicted octanol–water partition coefficient (Wildman–Crippen LogP) is 0.609. The summed E-state index contributed by atoms with van der Waals surface area (Å²) in [5.41, 5.74) is 5.59. The minimum atomic E-state index is -0.379. The summed E-state index contributed by atoms with van der Waals surface area (Å²) in [4.78, 5) is 13.6. The van der Waals surface area contributed by atoms with Gasteiger partial charge in [0.05, 0.1) is 12.6 Å². The van der Waals surface area contributed by atoms with Gasteiger partial charge in [-0.2, -0.15) is 0 Å². The van der Waals surface area contributed by atoms with Gasteiger partial charge >= 0.3 is 0 Å². The molecule has 1 unspecified atom stereocenters. The molecule has 1 aliphatic rings. The second kappa shape index (κ2) is 6.08. The summed E-state index contributed by atoms with van der Waals surface area (Å²) in [6, 6.07) is -0.379. The minimum absolute atomic E-state index is 0.0659. The zero-order chi connectivity index (χ0) is 11.3. The molecule has 0 aliphatic carbocycles. The van der Waals surface area contributed by atoms with Gasteiger partial charge < -0.3 is 15.4 Å². The summed E-state index contributed by atoms with van der Waals surface area (Å²) >= 11 is 0. The van der Waals surface area contributed by atoms with Gasteiger partial charge in [0.1, 0.15) is 0 Å². The standard InChI is InChI=1S/C11H22N2O2/c1-3-15-8-10-5-4-6-13(7-10)11(14)9(2)12/h9-10H,3-8,12H2,1-2H3/t9-,10?/m0/s1. The van der Waals surface area contributed by atoms with E-state index in [0.717, 1.165) is 39.1 Å². The molecule has 1 amide bonds. The molecule has 0 aromatic carbocycles. The van der Waals surface area contributed by atoms with E-state index >= 15 is 0 Å². The Labute approximate surface area is 91.8 Å². The zero-order valence-electron chi connectivity index (χ0n) is 9.74. The van der Waals surface area contributed by atoms with Crippen LogP contribution in [0.5, 0.6) is 0 Å². The molecule has 1 saturated heterocycles. The molecule has 0 spiro atoms. The fourth-order valence-corrected chi connectivity index (χ4v) is 1.97. The van der Waals surface area contributed by atoms with E-state index in [1.165, 1.54) is 0 Å². The van der Waals surface area contributed by atoms with Crippen LogP contribution in [0.25, 0.3) is 0 Å². The highest BCUT2D eigenvalue weighted by molar-refractivity contribution is 5.81. The van der Waals surface area contributed by atoms with E-state index < -0.39 is 0 Å². The van der Waals surface area contributed by atoms with Crippen molar-refractivity contribution in [3.05, 3.63) is 0 Å². The Morgan fingerprint density at radius 1 is 1.67 bits per heavy atom. The van der Waals surface area contributed by atoms with Crippen molar-refractivity contribution >= 4 is 5.91 Å². The van der Waals surface area contributed by atoms with Crippen LogP contribution in [0.4, 0.5) is 0 Å². The van der Waals surface area contributed by atoms with E-state index in [0.29, 0.717) is 5.92 Å². The third-order valence-electron chi connectivity index (χ3n) is 2.78. The number of carbonyl (C=O) groups is 1. The summed E-state index contributed by atoms with van der Waals surface area (Å²) in [5.74, 6) is 0.553. The van der Waals surface area contributed by atoms with Crippen molar-refractivity contribution in [2.45, 2.75) is 32.7 Å². The second-order valence-electron chi connectivity index (χ2n) is 4.24. The molecular formula is C11H22N2O2. The van der Waals surface area contributed by atoms with Gasteiger partial charge in [-0.05, 0) is 32.6 Å². The fourth-order valence-electron chi connectivity index (χ4n) is 1.97. The second-order valence-corrected chi connectivity index (χ2v) is 4.24. The number of nitrogens with zero attached hydrogens (tertiary/aromatic N) is 1. The molecule has 0 aromatic rings. The van der Waals surface area contributed by atoms with Crippen LogP contribution in [0.2, 0.25) is 0 Å². The summed E-state index contributed by atoms with van der Waals surface area (Å²) in [5, 5.41) is 0. The Morgan fingerprint density at radius 3 is 3.00 bits per heavy atom. The number of piperidine rings is 1. The molecule has 0 radical (unpaired) electrons. The van der Waals surface area contributed by atoms with Crippen molar-refractivity contribution in [2.75, 3.05) is 26.3 Å². The molecule has 0 aromatic heterocycles. The number of ether oxygens (including phenoxy) is 1. The number of hydrogen-bond acceptors (Lipinski definition) is 3. The lowest BCUT2D eigenvalue weighted by Gasteiger charge is -2.33. The van der Waals surface area contributed by atoms with Crippen molar-refractivity contribution in [3.63, 3.8) is 0 Å². The minimum Gasteiger partial charge on any atom is -0.381 e. The number of likely N-dealkylation sites (tertiary alicyclic amines) is 1. The van der Waals surface area contributed by atoms with Crippen molar-refractivity contribution in [2.24, 2.45) is 11.7 Å². The quantitative estimate of drug-likeness (QED) is 0.746. The molecular weight excluding hydrogens is 192 g/mol. The van der Waals surface area contributed by atoms with Gasteiger partial charge in [-0.1, -0.05) is 0 Å². The maximum absolute atomic E-state index is 11.7. The van der Waals surface area contributed by atoms with Crippen LogP contribution in [0.3, 0.4) is 0 Å². The normalized spacial score (nSPS) is 23.9. The van der Waals surface area contributed by atoms with E-state index in [2.05, 4.69) is 0 Å². The van der Waals surface area contributed by atoms with Crippen LogP contribution < -0.4 is 5.73 Å². The van der Waals surface area contributed by atoms with E-state index in [1.807, 2.05) is 11.8 Å². The molecule has 15 heavy (non-hydrogen) atoms. The number of amides is 1. The van der Waals surface area contributed by atoms with Crippen molar-refractivity contribution < 1.29 is 9.53 Å². The van der Waals surface area contributed by atoms with Crippen LogP contribution in [0.1, 0.15) is 26.7 Å². The highest BCUT2D eigenvalue weighted by atomic mass is 16.5. The third-order valence-corrected chi connectivity index (χ3v) is 2.78. The number of nitrogens with two attached hydrogens (primary N) is 1. The van der Waals surface area contributed by atoms with Crippen LogP contribution >= 0.6 is 0 Å². The molecule has 2 atom stereocenters. The Balaban J connectivity index is 2.38. The van der Waals surface area contributed by atoms with E-state index in [9.17, 15) is 4.79 Å². The van der Waals surface area contributed by atoms with E-state index in [-0.39, 0.29) is 11.9 Å². The number of carbonyl (C=O) groups excluding carboxylic acids is 1. The first-order valence-corrected chi connectivity index (χ1v) is 5.77. The van der Waals surface area contributed by atoms with E-state index in [4.69, 9.17) is 10.5 Å².